The Morgan fingerprint density at radius 3 is 3.50 bits per heavy atom. The molecule has 52 valence electrons. The summed E-state index contributed by atoms with van der Waals surface area (Å²) in [5.41, 5.74) is 1.23. The number of rotatable bonds is 0. The van der Waals surface area contributed by atoms with E-state index in [-0.39, 0.29) is 0 Å². The summed E-state index contributed by atoms with van der Waals surface area (Å²) in [6, 6.07) is 0. The Labute approximate surface area is 60.4 Å². The van der Waals surface area contributed by atoms with E-state index in [1.165, 1.54) is 12.1 Å². The zero-order valence-electron chi connectivity index (χ0n) is 5.88. The molecule has 2 heterocycles. The molecule has 2 aliphatic rings. The van der Waals surface area contributed by atoms with Crippen LogP contribution in [0.25, 0.3) is 0 Å². The maximum Gasteiger partial charge on any atom is 0.188 e. The van der Waals surface area contributed by atoms with E-state index in [9.17, 15) is 0 Å². The van der Waals surface area contributed by atoms with Crippen molar-refractivity contribution in [1.82, 2.24) is 0 Å². The number of nitrogens with one attached hydrogen (secondary N) is 1. The van der Waals surface area contributed by atoms with Gasteiger partial charge >= 0.3 is 0 Å². The number of aliphatic imine (C=N–C) groups is 1. The molecule has 0 spiro atoms. The molecule has 0 saturated heterocycles. The molecule has 2 nitrogen and oxygen atoms in total. The summed E-state index contributed by atoms with van der Waals surface area (Å²) in [5, 5.41) is 0. The topological polar surface area (TPSA) is 26.3 Å². The highest BCUT2D eigenvalue weighted by Gasteiger charge is 2.20. The first-order valence-electron chi connectivity index (χ1n) is 3.77. The van der Waals surface area contributed by atoms with E-state index < -0.39 is 0 Å². The molecule has 0 aromatic carbocycles. The first kappa shape index (κ1) is 5.83. The van der Waals surface area contributed by atoms with E-state index in [4.69, 9.17) is 0 Å². The Hall–Kier alpha value is -0.920. The van der Waals surface area contributed by atoms with Gasteiger partial charge in [0, 0.05) is 18.6 Å². The Bertz CT molecular complexity index is 213. The molecule has 0 radical (unpaired) electrons. The van der Waals surface area contributed by atoms with Gasteiger partial charge < -0.3 is 0 Å². The SMILES string of the molecule is C1=NC2=C[NH+]=CCC2CC1. The molecule has 10 heavy (non-hydrogen) atoms. The van der Waals surface area contributed by atoms with Crippen molar-refractivity contribution >= 4 is 12.4 Å². The van der Waals surface area contributed by atoms with E-state index in [0.29, 0.717) is 5.92 Å². The molecule has 0 saturated carbocycles. The van der Waals surface area contributed by atoms with Crippen LogP contribution in [0.2, 0.25) is 0 Å². The van der Waals surface area contributed by atoms with Crippen LogP contribution < -0.4 is 4.99 Å². The van der Waals surface area contributed by atoms with Gasteiger partial charge in [0.2, 0.25) is 0 Å². The summed E-state index contributed by atoms with van der Waals surface area (Å²) >= 11 is 0. The molecule has 2 aliphatic heterocycles. The van der Waals surface area contributed by atoms with Gasteiger partial charge in [-0.3, -0.25) is 4.99 Å². The average Bonchev–Trinajstić information content (AvgIpc) is 2.05. The third-order valence-electron chi connectivity index (χ3n) is 2.05. The summed E-state index contributed by atoms with van der Waals surface area (Å²) in [4.78, 5) is 7.39. The summed E-state index contributed by atoms with van der Waals surface area (Å²) in [6.07, 6.45) is 9.68. The molecule has 0 bridgehead atoms. The van der Waals surface area contributed by atoms with Crippen molar-refractivity contribution in [3.63, 3.8) is 0 Å². The molecule has 1 atom stereocenters. The number of allylic oxidation sites excluding steroid dienone is 1. The maximum absolute atomic E-state index is 4.31. The highest BCUT2D eigenvalue weighted by atomic mass is 14.8. The van der Waals surface area contributed by atoms with Crippen molar-refractivity contribution in [1.29, 1.82) is 0 Å². The minimum Gasteiger partial charge on any atom is -0.259 e. The smallest absolute Gasteiger partial charge is 0.188 e. The minimum absolute atomic E-state index is 0.700. The van der Waals surface area contributed by atoms with Crippen LogP contribution in [-0.4, -0.2) is 12.4 Å². The van der Waals surface area contributed by atoms with Gasteiger partial charge in [-0.2, -0.15) is 0 Å². The minimum atomic E-state index is 0.700. The van der Waals surface area contributed by atoms with Gasteiger partial charge in [-0.25, -0.2) is 4.99 Å². The Balaban J connectivity index is 2.27. The zero-order chi connectivity index (χ0) is 6.81. The lowest BCUT2D eigenvalue weighted by Crippen LogP contribution is -2.63. The maximum atomic E-state index is 4.31. The van der Waals surface area contributed by atoms with Crippen LogP contribution >= 0.6 is 0 Å². The first-order chi connectivity index (χ1) is 4.97. The van der Waals surface area contributed by atoms with E-state index in [1.807, 2.05) is 12.4 Å². The van der Waals surface area contributed by atoms with Crippen molar-refractivity contribution in [2.24, 2.45) is 10.9 Å². The van der Waals surface area contributed by atoms with Crippen LogP contribution in [0.1, 0.15) is 19.3 Å². The van der Waals surface area contributed by atoms with Crippen molar-refractivity contribution in [3.05, 3.63) is 11.9 Å². The third kappa shape index (κ3) is 0.897. The van der Waals surface area contributed by atoms with Crippen LogP contribution in [-0.2, 0) is 0 Å². The lowest BCUT2D eigenvalue weighted by Gasteiger charge is -2.16. The van der Waals surface area contributed by atoms with E-state index in [0.717, 1.165) is 12.8 Å². The molecular formula is C8H11N2+. The standard InChI is InChI=1S/C8H10N2/c1-2-7-3-5-9-6-8(7)10-4-1/h4-7H,1-3H2/p+1. The van der Waals surface area contributed by atoms with E-state index in [2.05, 4.69) is 16.2 Å². The van der Waals surface area contributed by atoms with Gasteiger partial charge in [0.05, 0.1) is 0 Å². The second kappa shape index (κ2) is 2.37. The lowest BCUT2D eigenvalue weighted by atomic mass is 9.94. The largest absolute Gasteiger partial charge is 0.259 e. The molecule has 0 aliphatic carbocycles. The van der Waals surface area contributed by atoms with Gasteiger partial charge in [-0.05, 0) is 12.8 Å². The Kier molecular flexibility index (Phi) is 1.38. The van der Waals surface area contributed by atoms with Gasteiger partial charge in [-0.1, -0.05) is 0 Å². The zero-order valence-corrected chi connectivity index (χ0v) is 5.88. The molecule has 2 rings (SSSR count). The molecule has 0 fully saturated rings. The molecular weight excluding hydrogens is 124 g/mol. The van der Waals surface area contributed by atoms with Crippen LogP contribution in [0.5, 0.6) is 0 Å². The van der Waals surface area contributed by atoms with Crippen LogP contribution in [0.4, 0.5) is 0 Å². The summed E-state index contributed by atoms with van der Waals surface area (Å²) < 4.78 is 0. The van der Waals surface area contributed by atoms with Gasteiger partial charge in [0.25, 0.3) is 0 Å². The lowest BCUT2D eigenvalue weighted by molar-refractivity contribution is -0.372. The Morgan fingerprint density at radius 2 is 2.60 bits per heavy atom. The highest BCUT2D eigenvalue weighted by Crippen LogP contribution is 2.23. The number of fused-ring (bicyclic) bond motifs is 1. The van der Waals surface area contributed by atoms with Crippen LogP contribution in [0.3, 0.4) is 0 Å². The quantitative estimate of drug-likeness (QED) is 0.479. The molecule has 0 amide bonds. The Morgan fingerprint density at radius 1 is 1.60 bits per heavy atom. The van der Waals surface area contributed by atoms with E-state index in [1.54, 1.807) is 0 Å². The molecule has 1 unspecified atom stereocenters. The van der Waals surface area contributed by atoms with Gasteiger partial charge in [0.15, 0.2) is 6.20 Å². The summed E-state index contributed by atoms with van der Waals surface area (Å²) in [7, 11) is 0. The van der Waals surface area contributed by atoms with Crippen molar-refractivity contribution in [2.45, 2.75) is 19.3 Å². The van der Waals surface area contributed by atoms with Crippen LogP contribution in [0.15, 0.2) is 16.9 Å². The second-order valence-corrected chi connectivity index (χ2v) is 2.76. The molecule has 1 N–H and O–H groups in total. The second-order valence-electron chi connectivity index (χ2n) is 2.76. The van der Waals surface area contributed by atoms with Gasteiger partial charge in [-0.15, -0.1) is 0 Å². The fourth-order valence-electron chi connectivity index (χ4n) is 1.45. The normalized spacial score (nSPS) is 29.6. The predicted octanol–water partition coefficient (Wildman–Crippen LogP) is -0.136. The third-order valence-corrected chi connectivity index (χ3v) is 2.05. The highest BCUT2D eigenvalue weighted by molar-refractivity contribution is 5.62. The molecule has 2 heteroatoms. The fraction of sp³-hybridized carbons (Fsp3) is 0.500. The molecule has 0 aromatic rings. The van der Waals surface area contributed by atoms with E-state index >= 15 is 0 Å². The van der Waals surface area contributed by atoms with Crippen molar-refractivity contribution in [3.8, 4) is 0 Å². The summed E-state index contributed by atoms with van der Waals surface area (Å²) in [6.45, 7) is 0. The molecule has 0 aromatic heterocycles. The first-order valence-corrected chi connectivity index (χ1v) is 3.77. The van der Waals surface area contributed by atoms with Crippen molar-refractivity contribution in [2.75, 3.05) is 0 Å². The van der Waals surface area contributed by atoms with Gasteiger partial charge in [0.1, 0.15) is 11.9 Å². The van der Waals surface area contributed by atoms with Crippen LogP contribution in [0, 0.1) is 5.92 Å². The fourth-order valence-corrected chi connectivity index (χ4v) is 1.45. The number of hydrogen-bond donors (Lipinski definition) is 1. The average molecular weight is 135 g/mol. The summed E-state index contributed by atoms with van der Waals surface area (Å²) in [5.74, 6) is 0.700. The predicted molar refractivity (Wildman–Crippen MR) is 40.9 cm³/mol. The van der Waals surface area contributed by atoms with Crippen molar-refractivity contribution < 1.29 is 4.99 Å². The number of nitrogens with zero attached hydrogens (tertiary/aromatic N) is 1. The monoisotopic (exact) mass is 135 g/mol. The number of hydrogen-bond acceptors (Lipinski definition) is 1.